The maximum absolute atomic E-state index is 13.6. The van der Waals surface area contributed by atoms with Crippen LogP contribution in [-0.2, 0) is 20.9 Å². The van der Waals surface area contributed by atoms with Crippen molar-refractivity contribution in [3.05, 3.63) is 112 Å². The van der Waals surface area contributed by atoms with Gasteiger partial charge in [0.15, 0.2) is 5.17 Å². The number of aryl methyl sites for hydroxylation is 2. The Bertz CT molecular complexity index is 1440. The number of rotatable bonds is 8. The molecule has 1 aromatic heterocycles. The van der Waals surface area contributed by atoms with Crippen LogP contribution < -0.4 is 5.32 Å². The van der Waals surface area contributed by atoms with Gasteiger partial charge in [-0.2, -0.15) is 0 Å². The summed E-state index contributed by atoms with van der Waals surface area (Å²) >= 11 is 1.45. The molecule has 0 saturated carbocycles. The molecule has 2 aliphatic rings. The Morgan fingerprint density at radius 3 is 2.63 bits per heavy atom. The van der Waals surface area contributed by atoms with Gasteiger partial charge < -0.3 is 19.4 Å². The molecule has 0 aliphatic carbocycles. The lowest BCUT2D eigenvalue weighted by Gasteiger charge is -2.37. The number of hydrogen-bond acceptors (Lipinski definition) is 7. The highest BCUT2D eigenvalue weighted by Gasteiger charge is 2.42. The minimum atomic E-state index is -0.503. The lowest BCUT2D eigenvalue weighted by atomic mass is 9.88. The molecule has 7 nitrogen and oxygen atoms in total. The van der Waals surface area contributed by atoms with E-state index in [0.29, 0.717) is 23.6 Å². The van der Waals surface area contributed by atoms with Crippen molar-refractivity contribution in [3.8, 4) is 0 Å². The first-order valence-corrected chi connectivity index (χ1v) is 13.4. The van der Waals surface area contributed by atoms with Crippen molar-refractivity contribution in [1.29, 1.82) is 0 Å². The number of benzene rings is 2. The van der Waals surface area contributed by atoms with Crippen molar-refractivity contribution < 1.29 is 18.7 Å². The molecule has 0 saturated heterocycles. The summed E-state index contributed by atoms with van der Waals surface area (Å²) in [6, 6.07) is 19.0. The molecule has 194 valence electrons. The van der Waals surface area contributed by atoms with E-state index in [-0.39, 0.29) is 18.9 Å². The van der Waals surface area contributed by atoms with Crippen molar-refractivity contribution >= 4 is 34.5 Å². The van der Waals surface area contributed by atoms with Crippen LogP contribution in [0.4, 0.5) is 0 Å². The van der Waals surface area contributed by atoms with Crippen molar-refractivity contribution in [2.24, 2.45) is 4.99 Å². The van der Waals surface area contributed by atoms with E-state index in [9.17, 15) is 9.59 Å². The van der Waals surface area contributed by atoms with E-state index >= 15 is 0 Å². The van der Waals surface area contributed by atoms with Crippen molar-refractivity contribution in [2.45, 2.75) is 39.8 Å². The minimum absolute atomic E-state index is 0.130. The second kappa shape index (κ2) is 11.1. The Hall–Kier alpha value is -4.04. The summed E-state index contributed by atoms with van der Waals surface area (Å²) in [6.07, 6.45) is 1.71. The maximum Gasteiger partial charge on any atom is 0.338 e. The molecule has 1 N–H and O–H groups in total. The van der Waals surface area contributed by atoms with Crippen LogP contribution in [0, 0.1) is 13.8 Å². The third kappa shape index (κ3) is 5.17. The molecule has 0 fully saturated rings. The molecule has 0 radical (unpaired) electrons. The fraction of sp³-hybridized carbons (Fsp3) is 0.233. The maximum atomic E-state index is 13.6. The summed E-state index contributed by atoms with van der Waals surface area (Å²) in [4.78, 5) is 33.5. The first-order valence-electron chi connectivity index (χ1n) is 12.5. The number of esters is 1. The van der Waals surface area contributed by atoms with Gasteiger partial charge in [0, 0.05) is 11.3 Å². The van der Waals surface area contributed by atoms with Gasteiger partial charge in [-0.15, -0.1) is 0 Å². The molecule has 5 rings (SSSR count). The van der Waals surface area contributed by atoms with Crippen LogP contribution >= 0.6 is 11.8 Å². The molecule has 8 heteroatoms. The number of furan rings is 1. The number of ether oxygens (including phenoxy) is 1. The molecule has 38 heavy (non-hydrogen) atoms. The second-order valence-corrected chi connectivity index (χ2v) is 9.97. The summed E-state index contributed by atoms with van der Waals surface area (Å²) in [5.74, 6) is 0.114. The molecule has 3 aromatic rings. The van der Waals surface area contributed by atoms with E-state index < -0.39 is 12.0 Å². The lowest BCUT2D eigenvalue weighted by molar-refractivity contribution is -0.139. The number of fused-ring (bicyclic) bond motifs is 1. The fourth-order valence-electron chi connectivity index (χ4n) is 4.74. The highest BCUT2D eigenvalue weighted by Crippen LogP contribution is 2.47. The van der Waals surface area contributed by atoms with Crippen LogP contribution in [0.2, 0.25) is 0 Å². The van der Waals surface area contributed by atoms with Gasteiger partial charge in [0.2, 0.25) is 5.91 Å². The minimum Gasteiger partial charge on any atom is -0.467 e. The SMILES string of the molecule is CCOC(=O)C1=C(c2ccccc2)N=C2SC=C(CC(=O)NCc3ccco3)N2C1c1ccc(C)cc1C. The van der Waals surface area contributed by atoms with Crippen LogP contribution in [-0.4, -0.2) is 28.6 Å². The molecular formula is C30H29N3O4S. The topological polar surface area (TPSA) is 84.1 Å². The van der Waals surface area contributed by atoms with Gasteiger partial charge in [-0.1, -0.05) is 65.9 Å². The van der Waals surface area contributed by atoms with E-state index in [1.807, 2.05) is 66.6 Å². The Balaban J connectivity index is 1.57. The van der Waals surface area contributed by atoms with Gasteiger partial charge in [0.25, 0.3) is 0 Å². The predicted molar refractivity (Wildman–Crippen MR) is 149 cm³/mol. The van der Waals surface area contributed by atoms with Gasteiger partial charge in [-0.05, 0) is 49.4 Å². The number of amides is 1. The van der Waals surface area contributed by atoms with Gasteiger partial charge >= 0.3 is 5.97 Å². The van der Waals surface area contributed by atoms with Crippen molar-refractivity contribution in [2.75, 3.05) is 6.61 Å². The summed E-state index contributed by atoms with van der Waals surface area (Å²) < 4.78 is 10.9. The number of amidine groups is 1. The van der Waals surface area contributed by atoms with Gasteiger partial charge in [-0.25, -0.2) is 9.79 Å². The zero-order chi connectivity index (χ0) is 26.6. The fourth-order valence-corrected chi connectivity index (χ4v) is 5.66. The highest BCUT2D eigenvalue weighted by molar-refractivity contribution is 8.16. The Kier molecular flexibility index (Phi) is 7.51. The zero-order valence-corrected chi connectivity index (χ0v) is 22.4. The van der Waals surface area contributed by atoms with Crippen molar-refractivity contribution in [1.82, 2.24) is 10.2 Å². The Morgan fingerprint density at radius 1 is 1.11 bits per heavy atom. The zero-order valence-electron chi connectivity index (χ0n) is 21.6. The highest BCUT2D eigenvalue weighted by atomic mass is 32.2. The first-order chi connectivity index (χ1) is 18.5. The Labute approximate surface area is 226 Å². The number of nitrogens with one attached hydrogen (secondary N) is 1. The predicted octanol–water partition coefficient (Wildman–Crippen LogP) is 5.88. The standard InChI is InChI=1S/C30H29N3O4S/c1-4-36-29(35)26-27(21-9-6-5-7-10-21)32-30-33(28(26)24-13-12-19(2)15-20(24)3)22(18-38-30)16-25(34)31-17-23-11-8-14-37-23/h5-15,18,28H,4,16-17H2,1-3H3,(H,31,34). The van der Waals surface area contributed by atoms with Gasteiger partial charge in [-0.3, -0.25) is 4.79 Å². The van der Waals surface area contributed by atoms with Crippen LogP contribution in [0.3, 0.4) is 0 Å². The van der Waals surface area contributed by atoms with E-state index in [1.165, 1.54) is 11.8 Å². The van der Waals surface area contributed by atoms with E-state index in [0.717, 1.165) is 33.1 Å². The quantitative estimate of drug-likeness (QED) is 0.369. The molecule has 1 unspecified atom stereocenters. The second-order valence-electron chi connectivity index (χ2n) is 9.14. The molecule has 1 amide bonds. The van der Waals surface area contributed by atoms with Crippen LogP contribution in [0.15, 0.2) is 93.0 Å². The number of nitrogens with zero attached hydrogens (tertiary/aromatic N) is 2. The summed E-state index contributed by atoms with van der Waals surface area (Å²) in [6.45, 7) is 6.43. The molecule has 1 atom stereocenters. The first kappa shape index (κ1) is 25.6. The Morgan fingerprint density at radius 2 is 1.92 bits per heavy atom. The summed E-state index contributed by atoms with van der Waals surface area (Å²) in [5.41, 5.74) is 5.78. The van der Waals surface area contributed by atoms with E-state index in [4.69, 9.17) is 14.1 Å². The average Bonchev–Trinajstić information content (AvgIpc) is 3.57. The van der Waals surface area contributed by atoms with Gasteiger partial charge in [0.05, 0.1) is 43.1 Å². The molecule has 2 aromatic carbocycles. The molecule has 2 aliphatic heterocycles. The van der Waals surface area contributed by atoms with E-state index in [2.05, 4.69) is 17.4 Å². The molecule has 0 bridgehead atoms. The number of hydrogen-bond donors (Lipinski definition) is 1. The third-order valence-electron chi connectivity index (χ3n) is 6.45. The number of carbonyl (C=O) groups is 2. The third-order valence-corrected chi connectivity index (χ3v) is 7.34. The van der Waals surface area contributed by atoms with E-state index in [1.54, 1.807) is 19.3 Å². The molecular weight excluding hydrogens is 498 g/mol. The van der Waals surface area contributed by atoms with Gasteiger partial charge in [0.1, 0.15) is 5.76 Å². The molecule has 0 spiro atoms. The monoisotopic (exact) mass is 527 g/mol. The molecule has 3 heterocycles. The summed E-state index contributed by atoms with van der Waals surface area (Å²) in [7, 11) is 0. The average molecular weight is 528 g/mol. The van der Waals surface area contributed by atoms with Crippen molar-refractivity contribution in [3.63, 3.8) is 0 Å². The lowest BCUT2D eigenvalue weighted by Crippen LogP contribution is -2.38. The number of thioether (sulfide) groups is 1. The number of aliphatic imine (C=N–C) groups is 1. The van der Waals surface area contributed by atoms with Crippen LogP contribution in [0.25, 0.3) is 5.70 Å². The largest absolute Gasteiger partial charge is 0.467 e. The van der Waals surface area contributed by atoms with Crippen LogP contribution in [0.5, 0.6) is 0 Å². The van der Waals surface area contributed by atoms with Crippen LogP contribution in [0.1, 0.15) is 47.4 Å². The smallest absolute Gasteiger partial charge is 0.338 e. The summed E-state index contributed by atoms with van der Waals surface area (Å²) in [5, 5.41) is 5.58. The normalized spacial score (nSPS) is 16.6. The number of carbonyl (C=O) groups excluding carboxylic acids is 2.